The first-order valence-corrected chi connectivity index (χ1v) is 11.0. The van der Waals surface area contributed by atoms with E-state index in [1.807, 2.05) is 0 Å². The lowest BCUT2D eigenvalue weighted by atomic mass is 9.85. The number of benzene rings is 3. The van der Waals surface area contributed by atoms with Gasteiger partial charge >= 0.3 is 5.97 Å². The van der Waals surface area contributed by atoms with E-state index in [1.165, 1.54) is 12.3 Å². The van der Waals surface area contributed by atoms with Gasteiger partial charge in [-0.3, -0.25) is 14.4 Å². The number of esters is 1. The van der Waals surface area contributed by atoms with Crippen LogP contribution < -0.4 is 15.6 Å². The summed E-state index contributed by atoms with van der Waals surface area (Å²) in [5.74, 6) is -4.61. The Labute approximate surface area is 205 Å². The molecule has 0 amide bonds. The third kappa shape index (κ3) is 3.30. The zero-order valence-corrected chi connectivity index (χ0v) is 18.7. The van der Waals surface area contributed by atoms with Crippen molar-refractivity contribution in [1.29, 1.82) is 0 Å². The molecule has 3 heterocycles. The van der Waals surface area contributed by atoms with Gasteiger partial charge in [-0.25, -0.2) is 0 Å². The third-order valence-electron chi connectivity index (χ3n) is 6.39. The number of aromatic hydroxyl groups is 4. The fraction of sp³-hybridized carbons (Fsp3) is 0.0741. The molecule has 1 atom stereocenters. The largest absolute Gasteiger partial charge is 0.507 e. The van der Waals surface area contributed by atoms with Gasteiger partial charge in [0.25, 0.3) is 0 Å². The number of phenols is 3. The standard InChI is InChI=1S/C27H16O10/c28-15-6-5-11(7-16(15)29)26-25(34)24(33)22-17(30)9-19-21(27(22)37-26)13(8-20(31)36-19)14-10-35-18-4-2-1-3-12(18)23(14)32/h1-7,9-10,13,28-30,34H,8H2/t13-/m0/s1. The van der Waals surface area contributed by atoms with Crippen LogP contribution >= 0.6 is 0 Å². The molecule has 0 spiro atoms. The predicted octanol–water partition coefficient (Wildman–Crippen LogP) is 3.83. The summed E-state index contributed by atoms with van der Waals surface area (Å²) in [5.41, 5.74) is -1.02. The molecule has 3 aromatic carbocycles. The first-order valence-electron chi connectivity index (χ1n) is 11.0. The van der Waals surface area contributed by atoms with Crippen LogP contribution in [0.3, 0.4) is 0 Å². The van der Waals surface area contributed by atoms with Crippen LogP contribution in [0.5, 0.6) is 28.7 Å². The lowest BCUT2D eigenvalue weighted by Crippen LogP contribution is -2.25. The number of hydrogen-bond donors (Lipinski definition) is 4. The third-order valence-corrected chi connectivity index (χ3v) is 6.39. The number of ether oxygens (including phenoxy) is 1. The van der Waals surface area contributed by atoms with Crippen molar-refractivity contribution < 1.29 is 38.8 Å². The summed E-state index contributed by atoms with van der Waals surface area (Å²) in [4.78, 5) is 39.0. The predicted molar refractivity (Wildman–Crippen MR) is 129 cm³/mol. The normalized spacial score (nSPS) is 15.0. The molecule has 0 saturated heterocycles. The van der Waals surface area contributed by atoms with Crippen molar-refractivity contribution in [3.63, 3.8) is 0 Å². The number of carbonyl (C=O) groups is 1. The number of carbonyl (C=O) groups excluding carboxylic acids is 1. The minimum absolute atomic E-state index is 0.0402. The quantitative estimate of drug-likeness (QED) is 0.159. The van der Waals surface area contributed by atoms with Gasteiger partial charge in [0.2, 0.25) is 11.2 Å². The van der Waals surface area contributed by atoms with Crippen molar-refractivity contribution in [3.05, 3.63) is 86.4 Å². The Morgan fingerprint density at radius 2 is 1.62 bits per heavy atom. The Balaban J connectivity index is 1.69. The Bertz CT molecular complexity index is 1900. The summed E-state index contributed by atoms with van der Waals surface area (Å²) in [7, 11) is 0. The topological polar surface area (TPSA) is 168 Å². The molecule has 4 N–H and O–H groups in total. The molecular formula is C27H16O10. The molecular weight excluding hydrogens is 484 g/mol. The zero-order valence-electron chi connectivity index (χ0n) is 18.7. The van der Waals surface area contributed by atoms with E-state index in [4.69, 9.17) is 13.6 Å². The smallest absolute Gasteiger partial charge is 0.312 e. The van der Waals surface area contributed by atoms with Crippen molar-refractivity contribution >= 4 is 27.9 Å². The molecule has 0 aliphatic carbocycles. The Kier molecular flexibility index (Phi) is 4.74. The lowest BCUT2D eigenvalue weighted by Gasteiger charge is -2.25. The highest BCUT2D eigenvalue weighted by molar-refractivity contribution is 5.94. The van der Waals surface area contributed by atoms with Crippen molar-refractivity contribution in [2.24, 2.45) is 0 Å². The molecule has 2 aromatic heterocycles. The average Bonchev–Trinajstić information content (AvgIpc) is 2.87. The average molecular weight is 500 g/mol. The monoisotopic (exact) mass is 500 g/mol. The van der Waals surface area contributed by atoms with Gasteiger partial charge < -0.3 is 34.0 Å². The molecule has 0 saturated carbocycles. The summed E-state index contributed by atoms with van der Waals surface area (Å²) in [6.07, 6.45) is 0.934. The molecule has 6 rings (SSSR count). The molecule has 0 fully saturated rings. The Morgan fingerprint density at radius 1 is 0.838 bits per heavy atom. The van der Waals surface area contributed by atoms with Crippen molar-refractivity contribution in [2.75, 3.05) is 0 Å². The van der Waals surface area contributed by atoms with Gasteiger partial charge in [0.05, 0.1) is 18.1 Å². The van der Waals surface area contributed by atoms with Crippen LogP contribution in [0.1, 0.15) is 23.5 Å². The van der Waals surface area contributed by atoms with Crippen LogP contribution in [0.4, 0.5) is 0 Å². The van der Waals surface area contributed by atoms with Crippen LogP contribution in [-0.4, -0.2) is 26.4 Å². The van der Waals surface area contributed by atoms with E-state index in [0.29, 0.717) is 5.58 Å². The number of rotatable bonds is 2. The number of para-hydroxylation sites is 1. The highest BCUT2D eigenvalue weighted by Gasteiger charge is 2.36. The summed E-state index contributed by atoms with van der Waals surface area (Å²) in [6.45, 7) is 0. The first-order chi connectivity index (χ1) is 17.7. The molecule has 0 radical (unpaired) electrons. The van der Waals surface area contributed by atoms with Crippen molar-refractivity contribution in [3.8, 4) is 40.1 Å². The molecule has 0 unspecified atom stereocenters. The Hall–Kier alpha value is -5.25. The summed E-state index contributed by atoms with van der Waals surface area (Å²) >= 11 is 0. The van der Waals surface area contributed by atoms with Gasteiger partial charge in [-0.1, -0.05) is 12.1 Å². The summed E-state index contributed by atoms with van der Waals surface area (Å²) in [5, 5.41) is 40.7. The Morgan fingerprint density at radius 3 is 2.41 bits per heavy atom. The highest BCUT2D eigenvalue weighted by Crippen LogP contribution is 2.47. The second kappa shape index (κ2) is 7.89. The van der Waals surface area contributed by atoms with Gasteiger partial charge in [-0.15, -0.1) is 0 Å². The second-order valence-corrected chi connectivity index (χ2v) is 8.57. The van der Waals surface area contributed by atoms with E-state index in [1.54, 1.807) is 24.3 Å². The van der Waals surface area contributed by atoms with Crippen LogP contribution in [-0.2, 0) is 4.79 Å². The maximum Gasteiger partial charge on any atom is 0.312 e. The van der Waals surface area contributed by atoms with Gasteiger partial charge in [-0.2, -0.15) is 0 Å². The van der Waals surface area contributed by atoms with Crippen molar-refractivity contribution in [1.82, 2.24) is 0 Å². The first kappa shape index (κ1) is 22.2. The molecule has 37 heavy (non-hydrogen) atoms. The fourth-order valence-electron chi connectivity index (χ4n) is 4.64. The second-order valence-electron chi connectivity index (χ2n) is 8.57. The van der Waals surface area contributed by atoms with Crippen molar-refractivity contribution in [2.45, 2.75) is 12.3 Å². The minimum atomic E-state index is -0.995. The van der Waals surface area contributed by atoms with Gasteiger partial charge in [0, 0.05) is 28.7 Å². The fourth-order valence-corrected chi connectivity index (χ4v) is 4.64. The van der Waals surface area contributed by atoms with E-state index in [-0.39, 0.29) is 45.6 Å². The van der Waals surface area contributed by atoms with E-state index in [9.17, 15) is 34.8 Å². The van der Waals surface area contributed by atoms with Crippen LogP contribution in [0.15, 0.2) is 73.2 Å². The van der Waals surface area contributed by atoms with Gasteiger partial charge in [0.1, 0.15) is 28.1 Å². The van der Waals surface area contributed by atoms with Crippen LogP contribution in [0.25, 0.3) is 33.3 Å². The van der Waals surface area contributed by atoms with E-state index >= 15 is 0 Å². The zero-order chi connectivity index (χ0) is 26.0. The highest BCUT2D eigenvalue weighted by atomic mass is 16.5. The SMILES string of the molecule is O=C1C[C@@H](c2coc3ccccc3c2=O)c2c(cc(O)c3c(=O)c(O)c(-c4ccc(O)c(O)c4)oc23)O1. The van der Waals surface area contributed by atoms with Gasteiger partial charge in [-0.05, 0) is 30.3 Å². The molecule has 0 bridgehead atoms. The molecule has 184 valence electrons. The number of hydrogen-bond acceptors (Lipinski definition) is 10. The van der Waals surface area contributed by atoms with E-state index < -0.39 is 51.1 Å². The summed E-state index contributed by atoms with van der Waals surface area (Å²) < 4.78 is 16.9. The van der Waals surface area contributed by atoms with Crippen LogP contribution in [0, 0.1) is 0 Å². The molecule has 1 aliphatic heterocycles. The van der Waals surface area contributed by atoms with Gasteiger partial charge in [0.15, 0.2) is 22.7 Å². The maximum absolute atomic E-state index is 13.4. The van der Waals surface area contributed by atoms with E-state index in [0.717, 1.165) is 18.2 Å². The number of phenolic OH excluding ortho intramolecular Hbond substituents is 3. The molecule has 1 aliphatic rings. The molecule has 10 nitrogen and oxygen atoms in total. The van der Waals surface area contributed by atoms with Crippen LogP contribution in [0.2, 0.25) is 0 Å². The molecule has 10 heteroatoms. The number of fused-ring (bicyclic) bond motifs is 4. The lowest BCUT2D eigenvalue weighted by molar-refractivity contribution is -0.135. The molecule has 5 aromatic rings. The van der Waals surface area contributed by atoms with E-state index in [2.05, 4.69) is 0 Å². The summed E-state index contributed by atoms with van der Waals surface area (Å²) in [6, 6.07) is 11.1. The minimum Gasteiger partial charge on any atom is -0.507 e. The maximum atomic E-state index is 13.4.